The number of nitrogen functional groups attached to an aromatic ring is 1. The molecular weight excluding hydrogens is 251 g/mol. The summed E-state index contributed by atoms with van der Waals surface area (Å²) in [5, 5.41) is 0. The monoisotopic (exact) mass is 265 g/mol. The van der Waals surface area contributed by atoms with Crippen molar-refractivity contribution in [1.82, 2.24) is 9.97 Å². The number of nitrogens with zero attached hydrogens (tertiary/aromatic N) is 1. The van der Waals surface area contributed by atoms with Crippen molar-refractivity contribution in [1.29, 1.82) is 0 Å². The van der Waals surface area contributed by atoms with Gasteiger partial charge in [-0.1, -0.05) is 13.3 Å². The van der Waals surface area contributed by atoms with Gasteiger partial charge in [0, 0.05) is 0 Å². The molecule has 3 N–H and O–H groups in total. The lowest BCUT2D eigenvalue weighted by Crippen LogP contribution is -2.22. The molecule has 1 aromatic heterocycles. The third kappa shape index (κ3) is 4.36. The van der Waals surface area contributed by atoms with Crippen LogP contribution in [0.2, 0.25) is 0 Å². The van der Waals surface area contributed by atoms with Crippen LogP contribution in [0.1, 0.15) is 24.7 Å². The summed E-state index contributed by atoms with van der Waals surface area (Å²) >= 11 is 0. The number of rotatable bonds is 5. The number of hydrogen-bond donors (Lipinski definition) is 2. The van der Waals surface area contributed by atoms with Crippen LogP contribution in [0.4, 0.5) is 19.0 Å². The van der Waals surface area contributed by atoms with Crippen molar-refractivity contribution in [2.24, 2.45) is 0 Å². The maximum absolute atomic E-state index is 11.8. The predicted octanol–water partition coefficient (Wildman–Crippen LogP) is 1.38. The predicted molar refractivity (Wildman–Crippen MR) is 59.0 cm³/mol. The summed E-state index contributed by atoms with van der Waals surface area (Å²) in [6.45, 7) is 0.0396. The van der Waals surface area contributed by atoms with Gasteiger partial charge in [-0.15, -0.1) is 0 Å². The Kier molecular flexibility index (Phi) is 4.71. The molecule has 0 amide bonds. The van der Waals surface area contributed by atoms with E-state index < -0.39 is 24.9 Å². The first-order valence-corrected chi connectivity index (χ1v) is 5.35. The van der Waals surface area contributed by atoms with Crippen molar-refractivity contribution in [2.75, 3.05) is 12.3 Å². The van der Waals surface area contributed by atoms with Gasteiger partial charge < -0.3 is 15.5 Å². The number of anilines is 1. The Hall–Kier alpha value is -1.57. The minimum absolute atomic E-state index is 0.0124. The minimum atomic E-state index is -4.41. The molecule has 1 heterocycles. The normalized spacial score (nSPS) is 11.8. The van der Waals surface area contributed by atoms with Gasteiger partial charge in [0.15, 0.2) is 0 Å². The molecule has 0 aromatic carbocycles. The van der Waals surface area contributed by atoms with Crippen LogP contribution >= 0.6 is 0 Å². The van der Waals surface area contributed by atoms with Crippen LogP contribution in [0.15, 0.2) is 4.79 Å². The van der Waals surface area contributed by atoms with Gasteiger partial charge in [-0.05, 0) is 6.42 Å². The Bertz CT molecular complexity index is 457. The van der Waals surface area contributed by atoms with Crippen LogP contribution < -0.4 is 11.3 Å². The lowest BCUT2D eigenvalue weighted by Gasteiger charge is -2.08. The second kappa shape index (κ2) is 5.85. The van der Waals surface area contributed by atoms with Gasteiger partial charge in [0.25, 0.3) is 5.56 Å². The van der Waals surface area contributed by atoms with Crippen molar-refractivity contribution in [3.8, 4) is 0 Å². The van der Waals surface area contributed by atoms with Crippen molar-refractivity contribution in [3.63, 3.8) is 0 Å². The van der Waals surface area contributed by atoms with Crippen molar-refractivity contribution in [2.45, 2.75) is 32.5 Å². The minimum Gasteiger partial charge on any atom is -0.383 e. The Morgan fingerprint density at radius 2 is 2.11 bits per heavy atom. The molecule has 8 heteroatoms. The smallest absolute Gasteiger partial charge is 0.383 e. The number of H-pyrrole nitrogens is 1. The second-order valence-electron chi connectivity index (χ2n) is 3.73. The molecule has 0 saturated heterocycles. The molecule has 1 rings (SSSR count). The number of ether oxygens (including phenoxy) is 1. The van der Waals surface area contributed by atoms with E-state index in [4.69, 9.17) is 5.73 Å². The van der Waals surface area contributed by atoms with E-state index in [9.17, 15) is 18.0 Å². The summed E-state index contributed by atoms with van der Waals surface area (Å²) in [6, 6.07) is 0. The Morgan fingerprint density at radius 1 is 1.44 bits per heavy atom. The first-order chi connectivity index (χ1) is 8.33. The highest BCUT2D eigenvalue weighted by atomic mass is 19.4. The summed E-state index contributed by atoms with van der Waals surface area (Å²) in [4.78, 5) is 17.7. The molecular formula is C10H14F3N3O2. The fourth-order valence-corrected chi connectivity index (χ4v) is 1.39. The molecule has 1 aromatic rings. The molecule has 0 radical (unpaired) electrons. The van der Waals surface area contributed by atoms with E-state index in [1.54, 1.807) is 0 Å². The second-order valence-corrected chi connectivity index (χ2v) is 3.73. The molecule has 5 nitrogen and oxygen atoms in total. The number of aromatic amines is 1. The highest BCUT2D eigenvalue weighted by Crippen LogP contribution is 2.15. The zero-order chi connectivity index (χ0) is 13.8. The lowest BCUT2D eigenvalue weighted by atomic mass is 10.2. The highest BCUT2D eigenvalue weighted by Gasteiger charge is 2.27. The van der Waals surface area contributed by atoms with Gasteiger partial charge >= 0.3 is 6.18 Å². The van der Waals surface area contributed by atoms with E-state index >= 15 is 0 Å². The molecule has 0 spiro atoms. The van der Waals surface area contributed by atoms with E-state index in [1.807, 2.05) is 6.92 Å². The molecule has 102 valence electrons. The molecule has 0 fully saturated rings. The van der Waals surface area contributed by atoms with Crippen LogP contribution in [0.25, 0.3) is 0 Å². The Balaban J connectivity index is 2.72. The molecule has 18 heavy (non-hydrogen) atoms. The van der Waals surface area contributed by atoms with Gasteiger partial charge in [-0.2, -0.15) is 13.2 Å². The SMILES string of the molecule is CCCc1c(N)nc(COCC(F)(F)F)[nH]c1=O. The van der Waals surface area contributed by atoms with Crippen molar-refractivity contribution < 1.29 is 17.9 Å². The fourth-order valence-electron chi connectivity index (χ4n) is 1.39. The van der Waals surface area contributed by atoms with Gasteiger partial charge in [0.2, 0.25) is 0 Å². The summed E-state index contributed by atoms with van der Waals surface area (Å²) in [7, 11) is 0. The quantitative estimate of drug-likeness (QED) is 0.842. The van der Waals surface area contributed by atoms with Crippen LogP contribution in [0.5, 0.6) is 0 Å². The number of nitrogens with one attached hydrogen (secondary N) is 1. The van der Waals surface area contributed by atoms with Crippen molar-refractivity contribution >= 4 is 5.82 Å². The largest absolute Gasteiger partial charge is 0.411 e. The first kappa shape index (κ1) is 14.5. The Morgan fingerprint density at radius 3 is 2.61 bits per heavy atom. The topological polar surface area (TPSA) is 81.0 Å². The van der Waals surface area contributed by atoms with Crippen LogP contribution in [0, 0.1) is 0 Å². The standard InChI is InChI=1S/C10H14F3N3O2/c1-2-3-6-8(14)15-7(16-9(6)17)4-18-5-10(11,12)13/h2-5H2,1H3,(H3,14,15,16,17). The summed E-state index contributed by atoms with van der Waals surface area (Å²) in [5.41, 5.74) is 5.47. The molecule has 0 saturated carbocycles. The third-order valence-corrected chi connectivity index (χ3v) is 2.10. The average molecular weight is 265 g/mol. The third-order valence-electron chi connectivity index (χ3n) is 2.10. The summed E-state index contributed by atoms with van der Waals surface area (Å²) < 4.78 is 39.9. The first-order valence-electron chi connectivity index (χ1n) is 5.35. The Labute approximate surface area is 101 Å². The maximum atomic E-state index is 11.8. The number of halogens is 3. The molecule has 0 aliphatic rings. The summed E-state index contributed by atoms with van der Waals surface area (Å²) in [6.07, 6.45) is -3.22. The fraction of sp³-hybridized carbons (Fsp3) is 0.600. The van der Waals surface area contributed by atoms with Gasteiger partial charge in [0.1, 0.15) is 24.9 Å². The van der Waals surface area contributed by atoms with Crippen LogP contribution in [0.3, 0.4) is 0 Å². The number of aromatic nitrogens is 2. The van der Waals surface area contributed by atoms with Crippen LogP contribution in [-0.4, -0.2) is 22.8 Å². The van der Waals surface area contributed by atoms with Gasteiger partial charge in [0.05, 0.1) is 5.56 Å². The van der Waals surface area contributed by atoms with E-state index in [0.29, 0.717) is 12.0 Å². The van der Waals surface area contributed by atoms with E-state index in [0.717, 1.165) is 6.42 Å². The number of hydrogen-bond acceptors (Lipinski definition) is 4. The molecule has 0 aliphatic heterocycles. The maximum Gasteiger partial charge on any atom is 0.411 e. The zero-order valence-corrected chi connectivity index (χ0v) is 9.80. The van der Waals surface area contributed by atoms with E-state index in [1.165, 1.54) is 0 Å². The molecule has 0 atom stereocenters. The van der Waals surface area contributed by atoms with E-state index in [2.05, 4.69) is 14.7 Å². The summed E-state index contributed by atoms with van der Waals surface area (Å²) in [5.74, 6) is 0.0211. The highest BCUT2D eigenvalue weighted by molar-refractivity contribution is 5.37. The molecule has 0 aliphatic carbocycles. The van der Waals surface area contributed by atoms with Crippen LogP contribution in [-0.2, 0) is 17.8 Å². The lowest BCUT2D eigenvalue weighted by molar-refractivity contribution is -0.177. The van der Waals surface area contributed by atoms with Gasteiger partial charge in [-0.25, -0.2) is 4.98 Å². The molecule has 0 unspecified atom stereocenters. The van der Waals surface area contributed by atoms with E-state index in [-0.39, 0.29) is 11.6 Å². The average Bonchev–Trinajstić information content (AvgIpc) is 2.21. The molecule has 0 bridgehead atoms. The number of alkyl halides is 3. The van der Waals surface area contributed by atoms with Crippen molar-refractivity contribution in [3.05, 3.63) is 21.7 Å². The number of nitrogens with two attached hydrogens (primary N) is 1. The zero-order valence-electron chi connectivity index (χ0n) is 9.80. The van der Waals surface area contributed by atoms with Gasteiger partial charge in [-0.3, -0.25) is 4.79 Å².